The Morgan fingerprint density at radius 1 is 0.976 bits per heavy atom. The number of hydrogen-bond acceptors (Lipinski definition) is 6. The Labute approximate surface area is 243 Å². The molecule has 2 N–H and O–H groups in total. The summed E-state index contributed by atoms with van der Waals surface area (Å²) in [7, 11) is -1.70. The Bertz CT molecular complexity index is 1420. The van der Waals surface area contributed by atoms with Crippen LogP contribution in [-0.2, 0) is 30.7 Å². The van der Waals surface area contributed by atoms with Gasteiger partial charge in [-0.25, -0.2) is 13.2 Å². The molecule has 0 saturated heterocycles. The van der Waals surface area contributed by atoms with Gasteiger partial charge < -0.3 is 19.9 Å². The fourth-order valence-corrected chi connectivity index (χ4v) is 4.71. The molecule has 3 rings (SSSR count). The van der Waals surface area contributed by atoms with Crippen molar-refractivity contribution in [2.45, 2.75) is 52.9 Å². The minimum Gasteiger partial charge on any atom is -0.480 e. The molecular weight excluding hydrogens is 542 g/mol. The Hall–Kier alpha value is -3.53. The minimum absolute atomic E-state index is 0.129. The van der Waals surface area contributed by atoms with E-state index in [1.54, 1.807) is 19.2 Å². The summed E-state index contributed by atoms with van der Waals surface area (Å²) in [6.07, 6.45) is 0.684. The fourth-order valence-electron chi connectivity index (χ4n) is 4.04. The summed E-state index contributed by atoms with van der Waals surface area (Å²) < 4.78 is 33.7. The number of sulfone groups is 1. The van der Waals surface area contributed by atoms with E-state index in [0.29, 0.717) is 17.7 Å². The highest BCUT2D eigenvalue weighted by atomic mass is 32.2. The number of ether oxygens (including phenoxy) is 2. The van der Waals surface area contributed by atoms with Crippen molar-refractivity contribution in [3.05, 3.63) is 94.5 Å². The van der Waals surface area contributed by atoms with E-state index in [1.165, 1.54) is 0 Å². The van der Waals surface area contributed by atoms with Crippen LogP contribution in [0.1, 0.15) is 59.0 Å². The number of carbonyl (C=O) groups excluding carboxylic acids is 1. The van der Waals surface area contributed by atoms with Gasteiger partial charge in [-0.1, -0.05) is 60.2 Å². The third kappa shape index (κ3) is 11.1. The second kappa shape index (κ2) is 16.0. The zero-order valence-corrected chi connectivity index (χ0v) is 25.5. The van der Waals surface area contributed by atoms with Crippen molar-refractivity contribution in [3.63, 3.8) is 0 Å². The predicted octanol–water partition coefficient (Wildman–Crippen LogP) is 5.52. The van der Waals surface area contributed by atoms with Gasteiger partial charge in [0.15, 0.2) is 0 Å². The number of aliphatic carboxylic acids is 1. The van der Waals surface area contributed by atoms with Gasteiger partial charge in [0.2, 0.25) is 0 Å². The molecule has 0 aliphatic carbocycles. The quantitative estimate of drug-likeness (QED) is 0.288. The molecule has 2 unspecified atom stereocenters. The van der Waals surface area contributed by atoms with Crippen molar-refractivity contribution < 1.29 is 32.6 Å². The summed E-state index contributed by atoms with van der Waals surface area (Å²) in [4.78, 5) is 24.9. The molecule has 2 atom stereocenters. The van der Waals surface area contributed by atoms with Gasteiger partial charge >= 0.3 is 5.97 Å². The van der Waals surface area contributed by atoms with Crippen LogP contribution in [0.25, 0.3) is 11.1 Å². The molecule has 0 aromatic heterocycles. The molecule has 8 nitrogen and oxygen atoms in total. The summed E-state index contributed by atoms with van der Waals surface area (Å²) in [5.74, 6) is -2.21. The van der Waals surface area contributed by atoms with Gasteiger partial charge in [0, 0.05) is 25.5 Å². The summed E-state index contributed by atoms with van der Waals surface area (Å²) in [5.41, 5.74) is 5.83. The highest BCUT2D eigenvalue weighted by Gasteiger charge is 2.24. The molecule has 0 aliphatic rings. The van der Waals surface area contributed by atoms with Gasteiger partial charge in [-0.3, -0.25) is 4.79 Å². The molecule has 0 radical (unpaired) electrons. The highest BCUT2D eigenvalue weighted by Crippen LogP contribution is 2.29. The standard InChI is InChI=1S/C29H33NO6S.C3H8O/c1-19-8-7-10-23(16-19)21(3)36-18-22-12-13-25(26(17-22)24-11-6-5-9-20(24)2)28(31)30-27(29(32)33)14-15-37(4,34)35;1-3-4-2/h5-13,16-17,21,27H,14-15,18H2,1-4H3,(H,30,31)(H,32,33);3H2,1-2H3. The van der Waals surface area contributed by atoms with Gasteiger partial charge in [-0.2, -0.15) is 0 Å². The zero-order valence-electron chi connectivity index (χ0n) is 24.6. The van der Waals surface area contributed by atoms with Gasteiger partial charge in [0.25, 0.3) is 5.91 Å². The molecule has 0 bridgehead atoms. The number of carbonyl (C=O) groups is 2. The zero-order chi connectivity index (χ0) is 30.6. The van der Waals surface area contributed by atoms with E-state index in [4.69, 9.17) is 4.74 Å². The van der Waals surface area contributed by atoms with E-state index in [0.717, 1.165) is 40.7 Å². The van der Waals surface area contributed by atoms with Crippen molar-refractivity contribution in [3.8, 4) is 11.1 Å². The average molecular weight is 584 g/mol. The summed E-state index contributed by atoms with van der Waals surface area (Å²) in [6, 6.07) is 19.7. The SMILES string of the molecule is CCOC.Cc1cccc(C(C)OCc2ccc(C(=O)NC(CCS(C)(=O)=O)C(=O)O)c(-c3ccccc3C)c2)c1. The second-order valence-electron chi connectivity index (χ2n) is 9.92. The van der Waals surface area contributed by atoms with E-state index in [2.05, 4.69) is 16.1 Å². The van der Waals surface area contributed by atoms with E-state index in [-0.39, 0.29) is 18.3 Å². The lowest BCUT2D eigenvalue weighted by molar-refractivity contribution is -0.139. The molecule has 0 spiro atoms. The van der Waals surface area contributed by atoms with Gasteiger partial charge in [-0.15, -0.1) is 0 Å². The van der Waals surface area contributed by atoms with Crippen LogP contribution in [-0.4, -0.2) is 57.2 Å². The number of nitrogens with one attached hydrogen (secondary N) is 1. The molecule has 0 saturated carbocycles. The van der Waals surface area contributed by atoms with E-state index < -0.39 is 27.8 Å². The lowest BCUT2D eigenvalue weighted by Gasteiger charge is -2.18. The summed E-state index contributed by atoms with van der Waals surface area (Å²) in [6.45, 7) is 9.06. The number of carboxylic acid groups (broad SMARTS) is 1. The third-order valence-corrected chi connectivity index (χ3v) is 7.42. The van der Waals surface area contributed by atoms with Crippen LogP contribution in [0.3, 0.4) is 0 Å². The lowest BCUT2D eigenvalue weighted by Crippen LogP contribution is -2.42. The molecule has 9 heteroatoms. The number of rotatable bonds is 12. The first kappa shape index (κ1) is 33.7. The Kier molecular flexibility index (Phi) is 13.2. The monoisotopic (exact) mass is 583 g/mol. The van der Waals surface area contributed by atoms with Crippen LogP contribution in [0, 0.1) is 13.8 Å². The molecular formula is C32H41NO7S. The molecule has 0 heterocycles. The lowest BCUT2D eigenvalue weighted by atomic mass is 9.93. The Morgan fingerprint density at radius 3 is 2.24 bits per heavy atom. The number of benzene rings is 3. The maximum Gasteiger partial charge on any atom is 0.326 e. The number of amides is 1. The molecule has 3 aromatic rings. The van der Waals surface area contributed by atoms with Crippen LogP contribution in [0.15, 0.2) is 66.7 Å². The number of aryl methyl sites for hydroxylation is 2. The number of carboxylic acids is 1. The van der Waals surface area contributed by atoms with E-state index >= 15 is 0 Å². The maximum absolute atomic E-state index is 13.2. The van der Waals surface area contributed by atoms with Gasteiger partial charge in [0.1, 0.15) is 15.9 Å². The Morgan fingerprint density at radius 2 is 1.66 bits per heavy atom. The second-order valence-corrected chi connectivity index (χ2v) is 12.2. The largest absolute Gasteiger partial charge is 0.480 e. The predicted molar refractivity (Wildman–Crippen MR) is 162 cm³/mol. The van der Waals surface area contributed by atoms with E-state index in [1.807, 2.05) is 76.2 Å². The van der Waals surface area contributed by atoms with Crippen molar-refractivity contribution in [1.29, 1.82) is 0 Å². The van der Waals surface area contributed by atoms with Gasteiger partial charge in [0.05, 0.1) is 18.5 Å². The van der Waals surface area contributed by atoms with Crippen LogP contribution in [0.2, 0.25) is 0 Å². The molecule has 41 heavy (non-hydrogen) atoms. The van der Waals surface area contributed by atoms with Crippen molar-refractivity contribution in [2.75, 3.05) is 25.7 Å². The minimum atomic E-state index is -3.38. The van der Waals surface area contributed by atoms with Crippen LogP contribution in [0.5, 0.6) is 0 Å². The first-order valence-corrected chi connectivity index (χ1v) is 15.5. The normalized spacial score (nSPS) is 12.5. The smallest absolute Gasteiger partial charge is 0.326 e. The first-order chi connectivity index (χ1) is 19.4. The molecule has 0 aliphatic heterocycles. The summed E-state index contributed by atoms with van der Waals surface area (Å²) >= 11 is 0. The van der Waals surface area contributed by atoms with Gasteiger partial charge in [-0.05, 0) is 74.1 Å². The molecule has 222 valence electrons. The average Bonchev–Trinajstić information content (AvgIpc) is 2.93. The van der Waals surface area contributed by atoms with Crippen molar-refractivity contribution >= 4 is 21.7 Å². The Balaban J connectivity index is 0.00000138. The van der Waals surface area contributed by atoms with Crippen LogP contribution >= 0.6 is 0 Å². The van der Waals surface area contributed by atoms with Crippen LogP contribution < -0.4 is 5.32 Å². The fraction of sp³-hybridized carbons (Fsp3) is 0.375. The summed E-state index contributed by atoms with van der Waals surface area (Å²) in [5, 5.41) is 12.0. The first-order valence-electron chi connectivity index (χ1n) is 13.4. The maximum atomic E-state index is 13.2. The van der Waals surface area contributed by atoms with Crippen LogP contribution in [0.4, 0.5) is 0 Å². The topological polar surface area (TPSA) is 119 Å². The highest BCUT2D eigenvalue weighted by molar-refractivity contribution is 7.90. The number of hydrogen-bond donors (Lipinski definition) is 2. The third-order valence-electron chi connectivity index (χ3n) is 6.44. The van der Waals surface area contributed by atoms with E-state index in [9.17, 15) is 23.1 Å². The molecule has 3 aromatic carbocycles. The molecule has 0 fully saturated rings. The number of methoxy groups -OCH3 is 1. The molecule has 1 amide bonds. The van der Waals surface area contributed by atoms with Crippen molar-refractivity contribution in [2.24, 2.45) is 0 Å². The van der Waals surface area contributed by atoms with Crippen molar-refractivity contribution in [1.82, 2.24) is 5.32 Å².